The fourth-order valence-electron chi connectivity index (χ4n) is 2.50. The number of carboxylic acid groups (broad SMARTS) is 1. The van der Waals surface area contributed by atoms with Gasteiger partial charge in [-0.15, -0.1) is 0 Å². The molecular weight excluding hydrogens is 288 g/mol. The topological polar surface area (TPSA) is 49.8 Å². The summed E-state index contributed by atoms with van der Waals surface area (Å²) in [6.07, 6.45) is 25.4. The van der Waals surface area contributed by atoms with Crippen LogP contribution >= 0.6 is 0 Å². The predicted molar refractivity (Wildman–Crippen MR) is 95.5 cm³/mol. The second kappa shape index (κ2) is 12.9. The molecule has 23 heavy (non-hydrogen) atoms. The van der Waals surface area contributed by atoms with E-state index in [1.54, 1.807) is 6.08 Å². The van der Waals surface area contributed by atoms with E-state index in [0.717, 1.165) is 12.5 Å². The Morgan fingerprint density at radius 1 is 0.913 bits per heavy atom. The average molecular weight is 318 g/mol. The normalized spacial score (nSPS) is 21.3. The van der Waals surface area contributed by atoms with E-state index in [1.165, 1.54) is 51.0 Å². The van der Waals surface area contributed by atoms with Crippen molar-refractivity contribution in [2.24, 2.45) is 0 Å². The summed E-state index contributed by atoms with van der Waals surface area (Å²) in [6.45, 7) is 2.19. The van der Waals surface area contributed by atoms with Crippen molar-refractivity contribution in [3.63, 3.8) is 0 Å². The molecule has 0 amide bonds. The highest BCUT2D eigenvalue weighted by atomic mass is 16.6. The van der Waals surface area contributed by atoms with E-state index in [4.69, 9.17) is 9.84 Å². The smallest absolute Gasteiger partial charge is 0.328 e. The molecule has 0 aromatic rings. The van der Waals surface area contributed by atoms with E-state index < -0.39 is 5.97 Å². The molecule has 2 atom stereocenters. The third kappa shape index (κ3) is 11.6. The largest absolute Gasteiger partial charge is 0.478 e. The van der Waals surface area contributed by atoms with Crippen LogP contribution in [0.4, 0.5) is 0 Å². The Morgan fingerprint density at radius 3 is 2.26 bits per heavy atom. The number of hydrogen-bond donors (Lipinski definition) is 1. The van der Waals surface area contributed by atoms with E-state index in [2.05, 4.69) is 13.0 Å². The predicted octanol–water partition coefficient (Wildman–Crippen LogP) is 5.20. The van der Waals surface area contributed by atoms with Crippen LogP contribution < -0.4 is 0 Å². The lowest BCUT2D eigenvalue weighted by Gasteiger charge is -1.98. The molecule has 1 N–H and O–H groups in total. The monoisotopic (exact) mass is 318 g/mol. The zero-order valence-electron chi connectivity index (χ0n) is 14.2. The molecular formula is C20H30O3. The van der Waals surface area contributed by atoms with Crippen LogP contribution in [0.2, 0.25) is 0 Å². The first-order valence-electron chi connectivity index (χ1n) is 8.79. The molecule has 3 heteroatoms. The molecule has 1 aliphatic heterocycles. The summed E-state index contributed by atoms with van der Waals surface area (Å²) in [5.74, 6) is -0.926. The summed E-state index contributed by atoms with van der Waals surface area (Å²) in [5.41, 5.74) is 0. The van der Waals surface area contributed by atoms with Crippen molar-refractivity contribution in [2.75, 3.05) is 0 Å². The number of carboxylic acids is 1. The average Bonchev–Trinajstić information content (AvgIpc) is 3.29. The minimum atomic E-state index is -0.926. The van der Waals surface area contributed by atoms with Crippen LogP contribution in [0, 0.1) is 0 Å². The molecule has 0 aromatic heterocycles. The fraction of sp³-hybridized carbons (Fsp3) is 0.550. The van der Waals surface area contributed by atoms with Gasteiger partial charge in [0.1, 0.15) is 0 Å². The lowest BCUT2D eigenvalue weighted by atomic mass is 10.1. The number of rotatable bonds is 13. The van der Waals surface area contributed by atoms with Gasteiger partial charge in [-0.05, 0) is 25.7 Å². The van der Waals surface area contributed by atoms with Gasteiger partial charge in [-0.3, -0.25) is 0 Å². The molecule has 1 aliphatic rings. The Bertz CT molecular complexity index is 432. The number of epoxide rings is 1. The van der Waals surface area contributed by atoms with Crippen molar-refractivity contribution >= 4 is 5.97 Å². The molecule has 0 radical (unpaired) electrons. The highest BCUT2D eigenvalue weighted by Crippen LogP contribution is 2.29. The molecule has 0 aromatic carbocycles. The maximum atomic E-state index is 10.2. The number of unbranched alkanes of at least 4 members (excludes halogenated alkanes) is 5. The zero-order chi connectivity index (χ0) is 16.8. The summed E-state index contributed by atoms with van der Waals surface area (Å²) in [7, 11) is 0. The highest BCUT2D eigenvalue weighted by Gasteiger charge is 2.35. The fourth-order valence-corrected chi connectivity index (χ4v) is 2.50. The summed E-state index contributed by atoms with van der Waals surface area (Å²) >= 11 is 0. The summed E-state index contributed by atoms with van der Waals surface area (Å²) in [4.78, 5) is 10.2. The lowest BCUT2D eigenvalue weighted by Crippen LogP contribution is -1.92. The Hall–Kier alpha value is -1.61. The summed E-state index contributed by atoms with van der Waals surface area (Å²) in [5, 5.41) is 8.40. The summed E-state index contributed by atoms with van der Waals surface area (Å²) in [6, 6.07) is 0. The van der Waals surface area contributed by atoms with Crippen molar-refractivity contribution in [2.45, 2.75) is 70.5 Å². The SMILES string of the molecule is CCC1OC1CCCCCCC/C=C/C=C/C=C/C=C/C(=O)O. The van der Waals surface area contributed by atoms with Gasteiger partial charge in [-0.25, -0.2) is 4.79 Å². The van der Waals surface area contributed by atoms with E-state index in [1.807, 2.05) is 24.3 Å². The molecule has 2 unspecified atom stereocenters. The Balaban J connectivity index is 1.85. The van der Waals surface area contributed by atoms with Crippen LogP contribution in [-0.4, -0.2) is 23.3 Å². The Morgan fingerprint density at radius 2 is 1.57 bits per heavy atom. The maximum absolute atomic E-state index is 10.2. The van der Waals surface area contributed by atoms with Crippen LogP contribution in [-0.2, 0) is 9.53 Å². The van der Waals surface area contributed by atoms with Gasteiger partial charge in [0.15, 0.2) is 0 Å². The molecule has 0 bridgehead atoms. The van der Waals surface area contributed by atoms with E-state index >= 15 is 0 Å². The van der Waals surface area contributed by atoms with Gasteiger partial charge in [0.05, 0.1) is 12.2 Å². The molecule has 0 aliphatic carbocycles. The molecule has 128 valence electrons. The standard InChI is InChI=1S/C20H30O3/c1-2-18-19(23-18)16-14-12-10-8-6-4-3-5-7-9-11-13-15-17-20(21)22/h3,5,7,9,11,13,15,17-19H,2,4,6,8,10,12,14,16H2,1H3,(H,21,22)/b5-3+,9-7+,13-11+,17-15+. The van der Waals surface area contributed by atoms with Gasteiger partial charge >= 0.3 is 5.97 Å². The number of allylic oxidation sites excluding steroid dienone is 7. The van der Waals surface area contributed by atoms with E-state index in [0.29, 0.717) is 12.2 Å². The number of hydrogen-bond acceptors (Lipinski definition) is 2. The first-order chi connectivity index (χ1) is 11.2. The highest BCUT2D eigenvalue weighted by molar-refractivity contribution is 5.80. The van der Waals surface area contributed by atoms with Gasteiger partial charge in [-0.1, -0.05) is 75.1 Å². The van der Waals surface area contributed by atoms with Crippen molar-refractivity contribution in [3.8, 4) is 0 Å². The molecule has 1 fully saturated rings. The van der Waals surface area contributed by atoms with Gasteiger partial charge < -0.3 is 9.84 Å². The van der Waals surface area contributed by atoms with Crippen LogP contribution in [0.3, 0.4) is 0 Å². The first-order valence-corrected chi connectivity index (χ1v) is 8.79. The molecule has 3 nitrogen and oxygen atoms in total. The molecule has 1 saturated heterocycles. The van der Waals surface area contributed by atoms with E-state index in [-0.39, 0.29) is 0 Å². The van der Waals surface area contributed by atoms with Crippen molar-refractivity contribution < 1.29 is 14.6 Å². The van der Waals surface area contributed by atoms with Crippen LogP contribution in [0.5, 0.6) is 0 Å². The van der Waals surface area contributed by atoms with E-state index in [9.17, 15) is 4.79 Å². The van der Waals surface area contributed by atoms with Crippen LogP contribution in [0.1, 0.15) is 58.3 Å². The van der Waals surface area contributed by atoms with Crippen molar-refractivity contribution in [1.82, 2.24) is 0 Å². The van der Waals surface area contributed by atoms with Gasteiger partial charge in [0.2, 0.25) is 0 Å². The van der Waals surface area contributed by atoms with Gasteiger partial charge in [0.25, 0.3) is 0 Å². The third-order valence-electron chi connectivity index (χ3n) is 3.88. The van der Waals surface area contributed by atoms with Crippen molar-refractivity contribution in [1.29, 1.82) is 0 Å². The van der Waals surface area contributed by atoms with Crippen LogP contribution in [0.15, 0.2) is 48.6 Å². The Labute approximate surface area is 140 Å². The second-order valence-corrected chi connectivity index (χ2v) is 5.86. The molecule has 1 rings (SSSR count). The van der Waals surface area contributed by atoms with Gasteiger partial charge in [-0.2, -0.15) is 0 Å². The summed E-state index contributed by atoms with van der Waals surface area (Å²) < 4.78 is 5.54. The quantitative estimate of drug-likeness (QED) is 0.220. The minimum absolute atomic E-state index is 0.566. The number of carbonyl (C=O) groups is 1. The first kappa shape index (κ1) is 19.4. The number of ether oxygens (including phenoxy) is 1. The zero-order valence-corrected chi connectivity index (χ0v) is 14.2. The van der Waals surface area contributed by atoms with Gasteiger partial charge in [0, 0.05) is 6.08 Å². The Kier molecular flexibility index (Phi) is 10.9. The van der Waals surface area contributed by atoms with Crippen molar-refractivity contribution in [3.05, 3.63) is 48.6 Å². The third-order valence-corrected chi connectivity index (χ3v) is 3.88. The lowest BCUT2D eigenvalue weighted by molar-refractivity contribution is -0.131. The number of aliphatic carboxylic acids is 1. The minimum Gasteiger partial charge on any atom is -0.478 e. The maximum Gasteiger partial charge on any atom is 0.328 e. The molecule has 0 saturated carbocycles. The van der Waals surface area contributed by atoms with Crippen LogP contribution in [0.25, 0.3) is 0 Å². The second-order valence-electron chi connectivity index (χ2n) is 5.86. The molecule has 1 heterocycles. The molecule has 0 spiro atoms.